The molecule has 0 radical (unpaired) electrons. The molecule has 0 aromatic heterocycles. The van der Waals surface area contributed by atoms with Crippen LogP contribution in [0.3, 0.4) is 0 Å². The first-order chi connectivity index (χ1) is 32.9. The molecule has 10 heteroatoms. The second-order valence-electron chi connectivity index (χ2n) is 17.7. The molecular weight excluding hydrogens is 856 g/mol. The number of aliphatic imine (C=N–C) groups is 2. The Hall–Kier alpha value is -6.45. The van der Waals surface area contributed by atoms with Crippen molar-refractivity contribution >= 4 is 20.4 Å². The lowest BCUT2D eigenvalue weighted by molar-refractivity contribution is -0.175. The average Bonchev–Trinajstić information content (AvgIpc) is 4.14. The molecular formula is C57H51N2O7P. The quantitative estimate of drug-likeness (QED) is 0.113. The fourth-order valence-electron chi connectivity index (χ4n) is 9.88. The first-order valence-electron chi connectivity index (χ1n) is 22.9. The van der Waals surface area contributed by atoms with Crippen molar-refractivity contribution in [3.05, 3.63) is 245 Å². The van der Waals surface area contributed by atoms with Gasteiger partial charge in [-0.3, -0.25) is 9.05 Å². The lowest BCUT2D eigenvalue weighted by Gasteiger charge is -2.41. The monoisotopic (exact) mass is 906 g/mol. The van der Waals surface area contributed by atoms with Gasteiger partial charge in [-0.1, -0.05) is 194 Å². The summed E-state index contributed by atoms with van der Waals surface area (Å²) in [4.78, 5) is 10.3. The number of fused-ring (bicyclic) bond motifs is 1. The standard InChI is InChI=1S/C57H51N2O7P/c1-55(2)62-51-52(63-55)57(45-31-17-7-18-32-45,46-33-19-8-20-34-46)66-67(65-56(51,43-27-13-5-14-28-43)44-29-15-6-16-30-44)64-47-35-21-22-40(36-47)37-48(53-58-49(38-60-53)41-23-9-3-10-24-41)54-59-50(39-61-54)42-25-11-4-12-26-42/h3-36,48-52H,37-39H2,1-2H3/t49-,50-,51+,52+/m0/s1. The zero-order valence-electron chi connectivity index (χ0n) is 37.3. The van der Waals surface area contributed by atoms with Crippen LogP contribution < -0.4 is 4.52 Å². The highest BCUT2D eigenvalue weighted by Gasteiger charge is 2.67. The van der Waals surface area contributed by atoms with E-state index in [2.05, 4.69) is 78.9 Å². The van der Waals surface area contributed by atoms with Crippen LogP contribution in [0.15, 0.2) is 216 Å². The molecule has 2 fully saturated rings. The molecule has 2 saturated heterocycles. The molecule has 4 aliphatic heterocycles. The van der Waals surface area contributed by atoms with E-state index in [4.69, 9.17) is 42.5 Å². The molecule has 0 amide bonds. The first kappa shape index (κ1) is 43.1. The van der Waals surface area contributed by atoms with Crippen LogP contribution in [0.2, 0.25) is 0 Å². The van der Waals surface area contributed by atoms with Crippen molar-refractivity contribution < 1.29 is 32.5 Å². The van der Waals surface area contributed by atoms with Crippen molar-refractivity contribution in [2.24, 2.45) is 15.9 Å². The van der Waals surface area contributed by atoms with Gasteiger partial charge in [-0.2, -0.15) is 0 Å². The predicted octanol–water partition coefficient (Wildman–Crippen LogP) is 12.2. The van der Waals surface area contributed by atoms with Gasteiger partial charge < -0.3 is 23.5 Å². The van der Waals surface area contributed by atoms with Crippen LogP contribution in [-0.4, -0.2) is 43.0 Å². The van der Waals surface area contributed by atoms with Crippen molar-refractivity contribution in [2.75, 3.05) is 13.2 Å². The zero-order chi connectivity index (χ0) is 45.3. The Bertz CT molecular complexity index is 2590. The van der Waals surface area contributed by atoms with Crippen molar-refractivity contribution in [1.82, 2.24) is 0 Å². The molecule has 4 atom stereocenters. The van der Waals surface area contributed by atoms with Gasteiger partial charge in [-0.25, -0.2) is 9.98 Å². The second-order valence-corrected chi connectivity index (χ2v) is 18.7. The smallest absolute Gasteiger partial charge is 0.399 e. The molecule has 0 unspecified atom stereocenters. The summed E-state index contributed by atoms with van der Waals surface area (Å²) in [6, 6.07) is 69.2. The molecule has 7 aromatic carbocycles. The van der Waals surface area contributed by atoms with E-state index in [1.54, 1.807) is 0 Å². The zero-order valence-corrected chi connectivity index (χ0v) is 38.2. The summed E-state index contributed by atoms with van der Waals surface area (Å²) in [5.74, 6) is 0.384. The summed E-state index contributed by atoms with van der Waals surface area (Å²) < 4.78 is 49.6. The Morgan fingerprint density at radius 1 is 0.507 bits per heavy atom. The summed E-state index contributed by atoms with van der Waals surface area (Å²) >= 11 is 0. The predicted molar refractivity (Wildman–Crippen MR) is 260 cm³/mol. The fourth-order valence-corrected chi connectivity index (χ4v) is 11.4. The Morgan fingerprint density at radius 3 is 1.30 bits per heavy atom. The van der Waals surface area contributed by atoms with E-state index in [0.29, 0.717) is 37.2 Å². The lowest BCUT2D eigenvalue weighted by atomic mass is 9.72. The largest absolute Gasteiger partial charge is 0.478 e. The third kappa shape index (κ3) is 8.37. The SMILES string of the molecule is CC1(C)O[C@@H]2[C@@H](O1)C(c1ccccc1)(c1ccccc1)OP(Oc1cccc(CC(C3=N[C@H](c4ccccc4)CO3)C3=N[C@H](c4ccccc4)CO3)c1)OC2(c1ccccc1)c1ccccc1. The summed E-state index contributed by atoms with van der Waals surface area (Å²) in [6.45, 7) is 4.79. The molecule has 7 aromatic rings. The van der Waals surface area contributed by atoms with Crippen LogP contribution in [0.4, 0.5) is 0 Å². The van der Waals surface area contributed by atoms with Crippen LogP contribution in [0, 0.1) is 5.92 Å². The number of rotatable bonds is 12. The maximum atomic E-state index is 7.61. The van der Waals surface area contributed by atoms with Crippen molar-refractivity contribution in [2.45, 2.75) is 61.5 Å². The Balaban J connectivity index is 1.02. The summed E-state index contributed by atoms with van der Waals surface area (Å²) in [5, 5.41) is 0. The van der Waals surface area contributed by atoms with Crippen LogP contribution in [-0.2, 0) is 45.6 Å². The molecule has 11 rings (SSSR count). The topological polar surface area (TPSA) is 89.3 Å². The van der Waals surface area contributed by atoms with Gasteiger partial charge in [0.25, 0.3) is 0 Å². The van der Waals surface area contributed by atoms with E-state index in [1.807, 2.05) is 141 Å². The molecule has 0 bridgehead atoms. The number of hydrogen-bond acceptors (Lipinski definition) is 9. The van der Waals surface area contributed by atoms with Gasteiger partial charge in [0.05, 0.1) is 0 Å². The maximum absolute atomic E-state index is 7.61. The van der Waals surface area contributed by atoms with Crippen LogP contribution in [0.5, 0.6) is 5.75 Å². The summed E-state index contributed by atoms with van der Waals surface area (Å²) in [6.07, 6.45) is -0.960. The number of ether oxygens (including phenoxy) is 4. The van der Waals surface area contributed by atoms with E-state index in [9.17, 15) is 0 Å². The van der Waals surface area contributed by atoms with Gasteiger partial charge >= 0.3 is 8.60 Å². The summed E-state index contributed by atoms with van der Waals surface area (Å²) in [5.41, 5.74) is 4.15. The van der Waals surface area contributed by atoms with Gasteiger partial charge in [-0.05, 0) is 71.3 Å². The normalized spacial score (nSPS) is 22.7. The number of benzene rings is 7. The summed E-state index contributed by atoms with van der Waals surface area (Å²) in [7, 11) is -2.27. The van der Waals surface area contributed by atoms with Crippen molar-refractivity contribution in [3.8, 4) is 5.75 Å². The minimum Gasteiger partial charge on any atom is -0.478 e. The molecule has 0 N–H and O–H groups in total. The van der Waals surface area contributed by atoms with Gasteiger partial charge in [0.15, 0.2) is 28.8 Å². The number of hydrogen-bond donors (Lipinski definition) is 0. The van der Waals surface area contributed by atoms with Gasteiger partial charge in [-0.15, -0.1) is 0 Å². The van der Waals surface area contributed by atoms with Crippen LogP contribution in [0.1, 0.15) is 64.9 Å². The van der Waals surface area contributed by atoms with Crippen LogP contribution >= 0.6 is 8.60 Å². The molecule has 336 valence electrons. The van der Waals surface area contributed by atoms with E-state index in [1.165, 1.54) is 0 Å². The van der Waals surface area contributed by atoms with Gasteiger partial charge in [0, 0.05) is 0 Å². The molecule has 9 nitrogen and oxygen atoms in total. The van der Waals surface area contributed by atoms with E-state index in [0.717, 1.165) is 38.9 Å². The minimum atomic E-state index is -2.27. The molecule has 0 saturated carbocycles. The second kappa shape index (κ2) is 18.3. The van der Waals surface area contributed by atoms with Crippen molar-refractivity contribution in [1.29, 1.82) is 0 Å². The molecule has 4 heterocycles. The Morgan fingerprint density at radius 2 is 0.896 bits per heavy atom. The molecule has 4 aliphatic rings. The minimum absolute atomic E-state index is 0.130. The third-order valence-corrected chi connectivity index (χ3v) is 14.2. The first-order valence-corrected chi connectivity index (χ1v) is 24.0. The Labute approximate surface area is 393 Å². The third-order valence-electron chi connectivity index (χ3n) is 13.0. The van der Waals surface area contributed by atoms with E-state index >= 15 is 0 Å². The highest BCUT2D eigenvalue weighted by Crippen LogP contribution is 2.65. The molecule has 0 spiro atoms. The average molecular weight is 907 g/mol. The van der Waals surface area contributed by atoms with Gasteiger partial charge in [0.1, 0.15) is 49.2 Å². The molecule has 0 aliphatic carbocycles. The fraction of sp³-hybridized carbons (Fsp3) is 0.228. The maximum Gasteiger partial charge on any atom is 0.399 e. The van der Waals surface area contributed by atoms with Gasteiger partial charge in [0.2, 0.25) is 0 Å². The highest BCUT2D eigenvalue weighted by molar-refractivity contribution is 7.42. The lowest BCUT2D eigenvalue weighted by Crippen LogP contribution is -2.53. The Kier molecular flexibility index (Phi) is 11.8. The van der Waals surface area contributed by atoms with Crippen molar-refractivity contribution in [3.63, 3.8) is 0 Å². The van der Waals surface area contributed by atoms with E-state index in [-0.39, 0.29) is 18.0 Å². The highest BCUT2D eigenvalue weighted by atomic mass is 31.2. The molecule has 67 heavy (non-hydrogen) atoms. The van der Waals surface area contributed by atoms with Crippen LogP contribution in [0.25, 0.3) is 0 Å². The number of nitrogens with zero attached hydrogens (tertiary/aromatic N) is 2. The van der Waals surface area contributed by atoms with E-state index < -0.39 is 37.8 Å².